The second kappa shape index (κ2) is 6.18. The largest absolute Gasteiger partial charge is 0.492 e. The third-order valence-corrected chi connectivity index (χ3v) is 2.89. The first-order valence-corrected chi connectivity index (χ1v) is 6.54. The van der Waals surface area contributed by atoms with Crippen LogP contribution < -0.4 is 4.74 Å². The number of carbonyl (C=O) groups excluding carboxylic acids is 1. The summed E-state index contributed by atoms with van der Waals surface area (Å²) < 4.78 is 7.59. The van der Waals surface area contributed by atoms with Gasteiger partial charge in [0.1, 0.15) is 5.75 Å². The predicted octanol–water partition coefficient (Wildman–Crippen LogP) is 3.17. The molecule has 0 aliphatic carbocycles. The zero-order chi connectivity index (χ0) is 13.7. The number of benzene rings is 1. The number of aromatic nitrogens is 2. The fourth-order valence-electron chi connectivity index (χ4n) is 1.92. The van der Waals surface area contributed by atoms with Crippen molar-refractivity contribution < 1.29 is 9.53 Å². The highest BCUT2D eigenvalue weighted by molar-refractivity contribution is 5.85. The van der Waals surface area contributed by atoms with Crippen molar-refractivity contribution in [1.29, 1.82) is 0 Å². The highest BCUT2D eigenvalue weighted by Crippen LogP contribution is 2.32. The Morgan fingerprint density at radius 2 is 2.21 bits per heavy atom. The average molecular weight is 258 g/mol. The number of aryl methyl sites for hydroxylation is 1. The van der Waals surface area contributed by atoms with Crippen LogP contribution in [0.5, 0.6) is 5.75 Å². The molecule has 4 heteroatoms. The molecule has 0 atom stereocenters. The lowest BCUT2D eigenvalue weighted by Gasteiger charge is -2.11. The zero-order valence-corrected chi connectivity index (χ0v) is 11.3. The number of hydrogen-bond donors (Lipinski definition) is 0. The fraction of sp³-hybridized carbons (Fsp3) is 0.333. The fourth-order valence-corrected chi connectivity index (χ4v) is 1.92. The maximum atomic E-state index is 11.1. The van der Waals surface area contributed by atoms with Crippen LogP contribution in [0, 0.1) is 0 Å². The number of ether oxygens (including phenoxy) is 1. The van der Waals surface area contributed by atoms with E-state index in [1.54, 1.807) is 12.3 Å². The number of para-hydroxylation sites is 1. The van der Waals surface area contributed by atoms with Gasteiger partial charge in [-0.2, -0.15) is 5.10 Å². The van der Waals surface area contributed by atoms with Gasteiger partial charge in [0.25, 0.3) is 0 Å². The maximum Gasteiger partial charge on any atom is 0.153 e. The number of carbonyl (C=O) groups is 1. The molecule has 0 unspecified atom stereocenters. The molecule has 0 fully saturated rings. The molecule has 0 bridgehead atoms. The molecule has 0 saturated heterocycles. The number of aldehydes is 1. The molecule has 19 heavy (non-hydrogen) atoms. The van der Waals surface area contributed by atoms with Gasteiger partial charge < -0.3 is 4.74 Å². The maximum absolute atomic E-state index is 11.1. The van der Waals surface area contributed by atoms with Crippen LogP contribution in [0.25, 0.3) is 11.1 Å². The summed E-state index contributed by atoms with van der Waals surface area (Å²) in [4.78, 5) is 11.1. The van der Waals surface area contributed by atoms with E-state index < -0.39 is 0 Å². The van der Waals surface area contributed by atoms with Gasteiger partial charge in [0.2, 0.25) is 0 Å². The zero-order valence-electron chi connectivity index (χ0n) is 11.3. The van der Waals surface area contributed by atoms with E-state index in [0.717, 1.165) is 30.4 Å². The molecule has 1 heterocycles. The lowest BCUT2D eigenvalue weighted by atomic mass is 10.0. The van der Waals surface area contributed by atoms with E-state index in [4.69, 9.17) is 4.74 Å². The normalized spacial score (nSPS) is 10.4. The molecular formula is C15H18N2O2. The Labute approximate surface area is 113 Å². The van der Waals surface area contributed by atoms with Gasteiger partial charge in [-0.05, 0) is 19.4 Å². The van der Waals surface area contributed by atoms with Crippen LogP contribution in [0.3, 0.4) is 0 Å². The topological polar surface area (TPSA) is 44.1 Å². The second-order valence-corrected chi connectivity index (χ2v) is 4.27. The van der Waals surface area contributed by atoms with Gasteiger partial charge in [0, 0.05) is 23.9 Å². The molecule has 1 aromatic carbocycles. The van der Waals surface area contributed by atoms with Crippen LogP contribution in [-0.4, -0.2) is 22.7 Å². The van der Waals surface area contributed by atoms with Crippen LogP contribution in [0.1, 0.15) is 30.6 Å². The molecule has 2 aromatic rings. The monoisotopic (exact) mass is 258 g/mol. The molecule has 0 spiro atoms. The molecule has 100 valence electrons. The summed E-state index contributed by atoms with van der Waals surface area (Å²) >= 11 is 0. The van der Waals surface area contributed by atoms with Crippen molar-refractivity contribution in [2.45, 2.75) is 26.8 Å². The van der Waals surface area contributed by atoms with Crippen LogP contribution >= 0.6 is 0 Å². The Bertz CT molecular complexity index is 561. The molecule has 0 amide bonds. The molecule has 0 aliphatic heterocycles. The average Bonchev–Trinajstić information content (AvgIpc) is 2.93. The van der Waals surface area contributed by atoms with E-state index in [2.05, 4.69) is 5.10 Å². The van der Waals surface area contributed by atoms with Crippen LogP contribution in [0.15, 0.2) is 30.6 Å². The minimum atomic E-state index is 0.579. The molecule has 0 saturated carbocycles. The SMILES string of the molecule is CCCOc1c(C=O)cccc1-c1cnn(CC)c1. The molecule has 4 nitrogen and oxygen atoms in total. The Kier molecular flexibility index (Phi) is 4.34. The van der Waals surface area contributed by atoms with E-state index in [0.29, 0.717) is 17.9 Å². The summed E-state index contributed by atoms with van der Waals surface area (Å²) in [6.45, 7) is 5.49. The lowest BCUT2D eigenvalue weighted by molar-refractivity contribution is 0.111. The first kappa shape index (κ1) is 13.3. The third-order valence-electron chi connectivity index (χ3n) is 2.89. The van der Waals surface area contributed by atoms with Gasteiger partial charge in [-0.15, -0.1) is 0 Å². The molecular weight excluding hydrogens is 240 g/mol. The third kappa shape index (κ3) is 2.84. The summed E-state index contributed by atoms with van der Waals surface area (Å²) in [5.41, 5.74) is 2.46. The van der Waals surface area contributed by atoms with Crippen molar-refractivity contribution in [3.8, 4) is 16.9 Å². The van der Waals surface area contributed by atoms with Gasteiger partial charge in [-0.3, -0.25) is 9.48 Å². The molecule has 2 rings (SSSR count). The summed E-state index contributed by atoms with van der Waals surface area (Å²) in [5, 5.41) is 4.26. The Morgan fingerprint density at radius 3 is 2.84 bits per heavy atom. The summed E-state index contributed by atoms with van der Waals surface area (Å²) in [6.07, 6.45) is 5.49. The summed E-state index contributed by atoms with van der Waals surface area (Å²) in [6, 6.07) is 5.59. The van der Waals surface area contributed by atoms with Gasteiger partial charge >= 0.3 is 0 Å². The minimum absolute atomic E-state index is 0.579. The van der Waals surface area contributed by atoms with Crippen molar-refractivity contribution in [3.63, 3.8) is 0 Å². The van der Waals surface area contributed by atoms with Crippen molar-refractivity contribution in [3.05, 3.63) is 36.2 Å². The molecule has 0 N–H and O–H groups in total. The van der Waals surface area contributed by atoms with Crippen LogP contribution in [-0.2, 0) is 6.54 Å². The van der Waals surface area contributed by atoms with E-state index in [-0.39, 0.29) is 0 Å². The van der Waals surface area contributed by atoms with Gasteiger partial charge in [0.15, 0.2) is 6.29 Å². The number of nitrogens with zero attached hydrogens (tertiary/aromatic N) is 2. The molecule has 1 aromatic heterocycles. The highest BCUT2D eigenvalue weighted by atomic mass is 16.5. The first-order chi connectivity index (χ1) is 9.30. The first-order valence-electron chi connectivity index (χ1n) is 6.54. The standard InChI is InChI=1S/C15H18N2O2/c1-3-8-19-15-12(11-18)6-5-7-14(15)13-9-16-17(4-2)10-13/h5-7,9-11H,3-4,8H2,1-2H3. The van der Waals surface area contributed by atoms with Crippen LogP contribution in [0.2, 0.25) is 0 Å². The van der Waals surface area contributed by atoms with E-state index in [1.165, 1.54) is 0 Å². The summed E-state index contributed by atoms with van der Waals surface area (Å²) in [5.74, 6) is 0.648. The Morgan fingerprint density at radius 1 is 1.37 bits per heavy atom. The van der Waals surface area contributed by atoms with Gasteiger partial charge in [-0.1, -0.05) is 19.1 Å². The van der Waals surface area contributed by atoms with Crippen molar-refractivity contribution in [2.75, 3.05) is 6.61 Å². The number of hydrogen-bond acceptors (Lipinski definition) is 3. The molecule has 0 aliphatic rings. The van der Waals surface area contributed by atoms with Crippen LogP contribution in [0.4, 0.5) is 0 Å². The minimum Gasteiger partial charge on any atom is -0.492 e. The number of rotatable bonds is 6. The Balaban J connectivity index is 2.45. The second-order valence-electron chi connectivity index (χ2n) is 4.27. The lowest BCUT2D eigenvalue weighted by Crippen LogP contribution is -2.00. The van der Waals surface area contributed by atoms with Gasteiger partial charge in [-0.25, -0.2) is 0 Å². The van der Waals surface area contributed by atoms with E-state index >= 15 is 0 Å². The smallest absolute Gasteiger partial charge is 0.153 e. The van der Waals surface area contributed by atoms with Crippen molar-refractivity contribution in [2.24, 2.45) is 0 Å². The van der Waals surface area contributed by atoms with E-state index in [9.17, 15) is 4.79 Å². The van der Waals surface area contributed by atoms with Crippen molar-refractivity contribution in [1.82, 2.24) is 9.78 Å². The predicted molar refractivity (Wildman–Crippen MR) is 74.5 cm³/mol. The van der Waals surface area contributed by atoms with Crippen molar-refractivity contribution >= 4 is 6.29 Å². The van der Waals surface area contributed by atoms with E-state index in [1.807, 2.05) is 36.9 Å². The van der Waals surface area contributed by atoms with Gasteiger partial charge in [0.05, 0.1) is 18.4 Å². The Hall–Kier alpha value is -2.10. The summed E-state index contributed by atoms with van der Waals surface area (Å²) in [7, 11) is 0. The molecule has 0 radical (unpaired) electrons. The quantitative estimate of drug-likeness (QED) is 0.747. The highest BCUT2D eigenvalue weighted by Gasteiger charge is 2.12.